The van der Waals surface area contributed by atoms with Gasteiger partial charge >= 0.3 is 12.0 Å². The summed E-state index contributed by atoms with van der Waals surface area (Å²) < 4.78 is 4.96. The van der Waals surface area contributed by atoms with Crippen molar-refractivity contribution in [3.05, 3.63) is 65.7 Å². The number of esters is 1. The van der Waals surface area contributed by atoms with E-state index in [-0.39, 0.29) is 18.4 Å². The SMILES string of the molecule is CCOC(=O)CCN(Cc1ccccc1)C(=O)Nc1ccccc1C. The van der Waals surface area contributed by atoms with Gasteiger partial charge in [0.05, 0.1) is 13.0 Å². The second kappa shape index (κ2) is 9.47. The average Bonchev–Trinajstić information content (AvgIpc) is 2.61. The Morgan fingerprint density at radius 2 is 1.72 bits per heavy atom. The molecule has 25 heavy (non-hydrogen) atoms. The van der Waals surface area contributed by atoms with E-state index in [1.807, 2.05) is 61.5 Å². The van der Waals surface area contributed by atoms with Crippen LogP contribution in [0.3, 0.4) is 0 Å². The van der Waals surface area contributed by atoms with Crippen molar-refractivity contribution < 1.29 is 14.3 Å². The zero-order valence-electron chi connectivity index (χ0n) is 14.7. The molecule has 2 rings (SSSR count). The van der Waals surface area contributed by atoms with Crippen LogP contribution >= 0.6 is 0 Å². The summed E-state index contributed by atoms with van der Waals surface area (Å²) >= 11 is 0. The second-order valence-electron chi connectivity index (χ2n) is 5.71. The van der Waals surface area contributed by atoms with Crippen molar-refractivity contribution in [3.63, 3.8) is 0 Å². The van der Waals surface area contributed by atoms with E-state index in [0.29, 0.717) is 19.7 Å². The van der Waals surface area contributed by atoms with Crippen molar-refractivity contribution in [2.24, 2.45) is 0 Å². The smallest absolute Gasteiger partial charge is 0.322 e. The van der Waals surface area contributed by atoms with Gasteiger partial charge in [-0.25, -0.2) is 4.79 Å². The lowest BCUT2D eigenvalue weighted by atomic mass is 10.2. The maximum atomic E-state index is 12.7. The van der Waals surface area contributed by atoms with Crippen LogP contribution < -0.4 is 5.32 Å². The lowest BCUT2D eigenvalue weighted by Crippen LogP contribution is -2.36. The van der Waals surface area contributed by atoms with Crippen molar-refractivity contribution in [2.75, 3.05) is 18.5 Å². The molecule has 2 amide bonds. The van der Waals surface area contributed by atoms with Gasteiger partial charge in [-0.2, -0.15) is 0 Å². The fourth-order valence-corrected chi connectivity index (χ4v) is 2.42. The minimum Gasteiger partial charge on any atom is -0.466 e. The van der Waals surface area contributed by atoms with E-state index in [1.54, 1.807) is 11.8 Å². The largest absolute Gasteiger partial charge is 0.466 e. The van der Waals surface area contributed by atoms with Gasteiger partial charge in [0.15, 0.2) is 0 Å². The van der Waals surface area contributed by atoms with Crippen molar-refractivity contribution >= 4 is 17.7 Å². The molecule has 5 heteroatoms. The molecule has 0 bridgehead atoms. The van der Waals surface area contributed by atoms with Crippen LogP contribution in [-0.4, -0.2) is 30.1 Å². The highest BCUT2D eigenvalue weighted by molar-refractivity contribution is 5.90. The number of carbonyl (C=O) groups excluding carboxylic acids is 2. The molecular formula is C20H24N2O3. The molecule has 0 aliphatic heterocycles. The van der Waals surface area contributed by atoms with E-state index < -0.39 is 0 Å². The summed E-state index contributed by atoms with van der Waals surface area (Å²) in [4.78, 5) is 26.0. The molecular weight excluding hydrogens is 316 g/mol. The number of benzene rings is 2. The molecule has 1 N–H and O–H groups in total. The first kappa shape index (κ1) is 18.5. The Labute approximate surface area is 148 Å². The Kier molecular flexibility index (Phi) is 7.01. The Balaban J connectivity index is 2.07. The normalized spacial score (nSPS) is 10.2. The van der Waals surface area contributed by atoms with Crippen LogP contribution in [0.4, 0.5) is 10.5 Å². The minimum absolute atomic E-state index is 0.169. The third kappa shape index (κ3) is 5.95. The van der Waals surface area contributed by atoms with Gasteiger partial charge in [0.2, 0.25) is 0 Å². The second-order valence-corrected chi connectivity index (χ2v) is 5.71. The predicted octanol–water partition coefficient (Wildman–Crippen LogP) is 3.98. The average molecular weight is 340 g/mol. The predicted molar refractivity (Wildman–Crippen MR) is 98.3 cm³/mol. The Morgan fingerprint density at radius 3 is 2.40 bits per heavy atom. The van der Waals surface area contributed by atoms with Gasteiger partial charge in [-0.1, -0.05) is 48.5 Å². The summed E-state index contributed by atoms with van der Waals surface area (Å²) in [5.74, 6) is -0.302. The van der Waals surface area contributed by atoms with Crippen LogP contribution in [-0.2, 0) is 16.1 Å². The molecule has 0 aliphatic rings. The monoisotopic (exact) mass is 340 g/mol. The van der Waals surface area contributed by atoms with Crippen LogP contribution in [0.2, 0.25) is 0 Å². The Bertz CT molecular complexity index is 701. The first-order chi connectivity index (χ1) is 12.1. The molecule has 2 aromatic rings. The zero-order chi connectivity index (χ0) is 18.1. The van der Waals surface area contributed by atoms with Crippen molar-refractivity contribution in [2.45, 2.75) is 26.8 Å². The Hall–Kier alpha value is -2.82. The third-order valence-corrected chi connectivity index (χ3v) is 3.78. The highest BCUT2D eigenvalue weighted by Gasteiger charge is 2.16. The molecule has 0 atom stereocenters. The molecule has 0 aliphatic carbocycles. The molecule has 0 aromatic heterocycles. The molecule has 132 valence electrons. The summed E-state index contributed by atoms with van der Waals surface area (Å²) in [6.45, 7) is 4.77. The van der Waals surface area contributed by atoms with Gasteiger partial charge in [0.25, 0.3) is 0 Å². The zero-order valence-corrected chi connectivity index (χ0v) is 14.7. The molecule has 0 spiro atoms. The third-order valence-electron chi connectivity index (χ3n) is 3.78. The number of para-hydroxylation sites is 1. The topological polar surface area (TPSA) is 58.6 Å². The molecule has 5 nitrogen and oxygen atoms in total. The number of urea groups is 1. The van der Waals surface area contributed by atoms with Crippen LogP contribution in [0.15, 0.2) is 54.6 Å². The quantitative estimate of drug-likeness (QED) is 0.776. The lowest BCUT2D eigenvalue weighted by Gasteiger charge is -2.23. The number of ether oxygens (including phenoxy) is 1. The first-order valence-electron chi connectivity index (χ1n) is 8.41. The number of anilines is 1. The van der Waals surface area contributed by atoms with Crippen molar-refractivity contribution in [1.82, 2.24) is 4.90 Å². The van der Waals surface area contributed by atoms with Gasteiger partial charge in [-0.05, 0) is 31.0 Å². The lowest BCUT2D eigenvalue weighted by molar-refractivity contribution is -0.143. The molecule has 0 saturated heterocycles. The number of hydrogen-bond donors (Lipinski definition) is 1. The van der Waals surface area contributed by atoms with Crippen LogP contribution in [0.1, 0.15) is 24.5 Å². The summed E-state index contributed by atoms with van der Waals surface area (Å²) in [6.07, 6.45) is 0.169. The highest BCUT2D eigenvalue weighted by Crippen LogP contribution is 2.15. The van der Waals surface area contributed by atoms with Gasteiger partial charge in [0, 0.05) is 18.8 Å². The molecule has 0 heterocycles. The van der Waals surface area contributed by atoms with Crippen LogP contribution in [0.5, 0.6) is 0 Å². The number of amides is 2. The number of rotatable bonds is 7. The Morgan fingerprint density at radius 1 is 1.04 bits per heavy atom. The van der Waals surface area contributed by atoms with Crippen LogP contribution in [0.25, 0.3) is 0 Å². The summed E-state index contributed by atoms with van der Waals surface area (Å²) in [5, 5.41) is 2.92. The number of aryl methyl sites for hydroxylation is 1. The molecule has 2 aromatic carbocycles. The number of nitrogens with zero attached hydrogens (tertiary/aromatic N) is 1. The van der Waals surface area contributed by atoms with Gasteiger partial charge < -0.3 is 15.0 Å². The van der Waals surface area contributed by atoms with E-state index in [4.69, 9.17) is 4.74 Å². The van der Waals surface area contributed by atoms with E-state index >= 15 is 0 Å². The van der Waals surface area contributed by atoms with Gasteiger partial charge in [-0.15, -0.1) is 0 Å². The van der Waals surface area contributed by atoms with Crippen LogP contribution in [0, 0.1) is 6.92 Å². The van der Waals surface area contributed by atoms with E-state index in [1.165, 1.54) is 0 Å². The minimum atomic E-state index is -0.302. The van der Waals surface area contributed by atoms with Crippen molar-refractivity contribution in [3.8, 4) is 0 Å². The number of hydrogen-bond acceptors (Lipinski definition) is 3. The summed E-state index contributed by atoms with van der Waals surface area (Å²) in [7, 11) is 0. The highest BCUT2D eigenvalue weighted by atomic mass is 16.5. The maximum absolute atomic E-state index is 12.7. The maximum Gasteiger partial charge on any atom is 0.322 e. The standard InChI is InChI=1S/C20H24N2O3/c1-3-25-19(23)13-14-22(15-17-10-5-4-6-11-17)20(24)21-18-12-8-7-9-16(18)2/h4-12H,3,13-15H2,1-2H3,(H,21,24). The number of carbonyl (C=O) groups is 2. The summed E-state index contributed by atoms with van der Waals surface area (Å²) in [5.41, 5.74) is 2.76. The molecule has 0 radical (unpaired) electrons. The van der Waals surface area contributed by atoms with E-state index in [0.717, 1.165) is 16.8 Å². The fourth-order valence-electron chi connectivity index (χ4n) is 2.42. The molecule has 0 unspecified atom stereocenters. The van der Waals surface area contributed by atoms with Gasteiger partial charge in [-0.3, -0.25) is 4.79 Å². The van der Waals surface area contributed by atoms with Gasteiger partial charge in [0.1, 0.15) is 0 Å². The van der Waals surface area contributed by atoms with E-state index in [2.05, 4.69) is 5.32 Å². The molecule has 0 saturated carbocycles. The van der Waals surface area contributed by atoms with Crippen molar-refractivity contribution in [1.29, 1.82) is 0 Å². The number of nitrogens with one attached hydrogen (secondary N) is 1. The van der Waals surface area contributed by atoms with E-state index in [9.17, 15) is 9.59 Å². The summed E-state index contributed by atoms with van der Waals surface area (Å²) in [6, 6.07) is 17.1. The fraction of sp³-hybridized carbons (Fsp3) is 0.300. The first-order valence-corrected chi connectivity index (χ1v) is 8.41. The molecule has 0 fully saturated rings.